The number of nitrogens with zero attached hydrogens (tertiary/aromatic N) is 2. The minimum absolute atomic E-state index is 0.172. The van der Waals surface area contributed by atoms with Crippen molar-refractivity contribution in [1.29, 1.82) is 0 Å². The second-order valence-electron chi connectivity index (χ2n) is 2.98. The van der Waals surface area contributed by atoms with Gasteiger partial charge in [-0.25, -0.2) is 4.79 Å². The van der Waals surface area contributed by atoms with Crippen LogP contribution in [0.3, 0.4) is 0 Å². The van der Waals surface area contributed by atoms with E-state index in [2.05, 4.69) is 0 Å². The molecule has 0 aromatic rings. The molecule has 0 spiro atoms. The number of hydroxylamine groups is 2. The normalized spacial score (nSPS) is 18.1. The van der Waals surface area contributed by atoms with Crippen molar-refractivity contribution >= 4 is 5.97 Å². The van der Waals surface area contributed by atoms with Crippen LogP contribution in [0.4, 0.5) is 0 Å². The average molecular weight is 158 g/mol. The molecule has 4 heteroatoms. The molecule has 0 atom stereocenters. The first-order valence-electron chi connectivity index (χ1n) is 3.79. The predicted octanol–water partition coefficient (Wildman–Crippen LogP) is -0.288. The maximum Gasteiger partial charge on any atom is 0.338 e. The molecular formula is C7H14N2O2. The van der Waals surface area contributed by atoms with E-state index >= 15 is 0 Å². The zero-order valence-corrected chi connectivity index (χ0v) is 7.04. The quantitative estimate of drug-likeness (QED) is 0.565. The van der Waals surface area contributed by atoms with Crippen LogP contribution in [0.15, 0.2) is 0 Å². The summed E-state index contributed by atoms with van der Waals surface area (Å²) >= 11 is 0. The first kappa shape index (κ1) is 8.49. The Morgan fingerprint density at radius 3 is 2.55 bits per heavy atom. The molecule has 0 bridgehead atoms. The van der Waals surface area contributed by atoms with Crippen molar-refractivity contribution in [3.05, 3.63) is 0 Å². The average Bonchev–Trinajstić information content (AvgIpc) is 1.77. The Morgan fingerprint density at radius 1 is 1.55 bits per heavy atom. The lowest BCUT2D eigenvalue weighted by atomic mass is 10.3. The lowest BCUT2D eigenvalue weighted by Gasteiger charge is -2.28. The number of hydrogen-bond acceptors (Lipinski definition) is 4. The molecule has 0 unspecified atom stereocenters. The Labute approximate surface area is 66.7 Å². The van der Waals surface area contributed by atoms with Crippen molar-refractivity contribution in [3.63, 3.8) is 0 Å². The summed E-state index contributed by atoms with van der Waals surface area (Å²) in [4.78, 5) is 17.7. The van der Waals surface area contributed by atoms with E-state index in [9.17, 15) is 4.79 Å². The van der Waals surface area contributed by atoms with Crippen LogP contribution in [0, 0.1) is 0 Å². The van der Waals surface area contributed by atoms with Crippen molar-refractivity contribution in [2.45, 2.75) is 6.42 Å². The standard InChI is InChI=1S/C7H14N2O2/c1-8(2)6-7(10)11-9-4-3-5-9/h3-6H2,1-2H3. The van der Waals surface area contributed by atoms with Crippen LogP contribution in [0.2, 0.25) is 0 Å². The molecular weight excluding hydrogens is 144 g/mol. The molecule has 1 aliphatic rings. The SMILES string of the molecule is CN(C)CC(=O)ON1CCC1. The summed E-state index contributed by atoms with van der Waals surface area (Å²) in [7, 11) is 3.69. The van der Waals surface area contributed by atoms with Gasteiger partial charge in [-0.15, -0.1) is 5.06 Å². The first-order valence-corrected chi connectivity index (χ1v) is 3.79. The van der Waals surface area contributed by atoms with Gasteiger partial charge in [0, 0.05) is 13.1 Å². The Morgan fingerprint density at radius 2 is 2.18 bits per heavy atom. The van der Waals surface area contributed by atoms with Gasteiger partial charge in [-0.05, 0) is 20.5 Å². The first-order chi connectivity index (χ1) is 5.18. The largest absolute Gasteiger partial charge is 0.367 e. The lowest BCUT2D eigenvalue weighted by Crippen LogP contribution is -2.40. The third kappa shape index (κ3) is 2.86. The number of likely N-dealkylation sites (N-methyl/N-ethyl adjacent to an activating group) is 1. The van der Waals surface area contributed by atoms with E-state index in [-0.39, 0.29) is 5.97 Å². The zero-order chi connectivity index (χ0) is 8.27. The van der Waals surface area contributed by atoms with Crippen molar-refractivity contribution in [3.8, 4) is 0 Å². The van der Waals surface area contributed by atoms with Crippen LogP contribution < -0.4 is 0 Å². The van der Waals surface area contributed by atoms with Crippen LogP contribution in [0.25, 0.3) is 0 Å². The number of rotatable bonds is 3. The third-order valence-electron chi connectivity index (χ3n) is 1.49. The summed E-state index contributed by atoms with van der Waals surface area (Å²) < 4.78 is 0. The molecule has 1 aliphatic heterocycles. The molecule has 1 fully saturated rings. The minimum Gasteiger partial charge on any atom is -0.367 e. The number of carbonyl (C=O) groups is 1. The molecule has 4 nitrogen and oxygen atoms in total. The van der Waals surface area contributed by atoms with Gasteiger partial charge in [-0.1, -0.05) is 0 Å². The highest BCUT2D eigenvalue weighted by atomic mass is 16.7. The molecule has 0 radical (unpaired) electrons. The smallest absolute Gasteiger partial charge is 0.338 e. The van der Waals surface area contributed by atoms with E-state index in [1.165, 1.54) is 0 Å². The van der Waals surface area contributed by atoms with Gasteiger partial charge in [-0.3, -0.25) is 4.90 Å². The molecule has 0 N–H and O–H groups in total. The Hall–Kier alpha value is -0.610. The van der Waals surface area contributed by atoms with Crippen LogP contribution in [0.5, 0.6) is 0 Å². The fraction of sp³-hybridized carbons (Fsp3) is 0.857. The maximum absolute atomic E-state index is 11.0. The lowest BCUT2D eigenvalue weighted by molar-refractivity contribution is -0.207. The molecule has 1 saturated heterocycles. The van der Waals surface area contributed by atoms with E-state index < -0.39 is 0 Å². The molecule has 11 heavy (non-hydrogen) atoms. The van der Waals surface area contributed by atoms with Gasteiger partial charge >= 0.3 is 5.97 Å². The number of carbonyl (C=O) groups excluding carboxylic acids is 1. The molecule has 0 aromatic heterocycles. The van der Waals surface area contributed by atoms with Gasteiger partial charge in [0.05, 0.1) is 6.54 Å². The zero-order valence-electron chi connectivity index (χ0n) is 7.04. The molecule has 1 heterocycles. The minimum atomic E-state index is -0.172. The monoisotopic (exact) mass is 158 g/mol. The van der Waals surface area contributed by atoms with Crippen molar-refractivity contribution < 1.29 is 9.63 Å². The second kappa shape index (κ2) is 3.69. The molecule has 1 rings (SSSR count). The molecule has 0 saturated carbocycles. The summed E-state index contributed by atoms with van der Waals surface area (Å²) in [6.07, 6.45) is 1.13. The highest BCUT2D eigenvalue weighted by Crippen LogP contribution is 2.05. The fourth-order valence-corrected chi connectivity index (χ4v) is 0.810. The summed E-state index contributed by atoms with van der Waals surface area (Å²) in [6.45, 7) is 2.13. The summed E-state index contributed by atoms with van der Waals surface area (Å²) in [6, 6.07) is 0. The van der Waals surface area contributed by atoms with E-state index in [4.69, 9.17) is 4.84 Å². The molecule has 64 valence electrons. The summed E-state index contributed by atoms with van der Waals surface area (Å²) in [5.41, 5.74) is 0. The highest BCUT2D eigenvalue weighted by molar-refractivity contribution is 5.71. The number of hydrogen-bond donors (Lipinski definition) is 0. The van der Waals surface area contributed by atoms with Crippen LogP contribution in [-0.4, -0.2) is 49.7 Å². The van der Waals surface area contributed by atoms with Gasteiger partial charge in [-0.2, -0.15) is 0 Å². The topological polar surface area (TPSA) is 32.8 Å². The van der Waals surface area contributed by atoms with Gasteiger partial charge in [0.2, 0.25) is 0 Å². The second-order valence-corrected chi connectivity index (χ2v) is 2.98. The van der Waals surface area contributed by atoms with Gasteiger partial charge in [0.15, 0.2) is 0 Å². The van der Waals surface area contributed by atoms with Gasteiger partial charge in [0.25, 0.3) is 0 Å². The Balaban J connectivity index is 2.09. The highest BCUT2D eigenvalue weighted by Gasteiger charge is 2.18. The van der Waals surface area contributed by atoms with Crippen LogP contribution in [-0.2, 0) is 9.63 Å². The molecule has 0 amide bonds. The molecule has 0 aliphatic carbocycles. The summed E-state index contributed by atoms with van der Waals surface area (Å²) in [5.74, 6) is -0.172. The van der Waals surface area contributed by atoms with Crippen molar-refractivity contribution in [2.24, 2.45) is 0 Å². The third-order valence-corrected chi connectivity index (χ3v) is 1.49. The Bertz CT molecular complexity index is 143. The van der Waals surface area contributed by atoms with Crippen LogP contribution in [0.1, 0.15) is 6.42 Å². The van der Waals surface area contributed by atoms with Crippen molar-refractivity contribution in [2.75, 3.05) is 33.7 Å². The Kier molecular flexibility index (Phi) is 2.84. The van der Waals surface area contributed by atoms with Gasteiger partial charge < -0.3 is 4.84 Å². The molecule has 0 aromatic carbocycles. The maximum atomic E-state index is 11.0. The van der Waals surface area contributed by atoms with Crippen molar-refractivity contribution in [1.82, 2.24) is 9.96 Å². The summed E-state index contributed by atoms with van der Waals surface area (Å²) in [5, 5.41) is 1.69. The van der Waals surface area contributed by atoms with E-state index in [0.29, 0.717) is 6.54 Å². The van der Waals surface area contributed by atoms with Gasteiger partial charge in [0.1, 0.15) is 0 Å². The predicted molar refractivity (Wildman–Crippen MR) is 40.8 cm³/mol. The van der Waals surface area contributed by atoms with E-state index in [1.54, 1.807) is 9.96 Å². The van der Waals surface area contributed by atoms with Crippen LogP contribution >= 0.6 is 0 Å². The van der Waals surface area contributed by atoms with E-state index in [1.807, 2.05) is 14.1 Å². The van der Waals surface area contributed by atoms with E-state index in [0.717, 1.165) is 19.5 Å². The fourth-order valence-electron chi connectivity index (χ4n) is 0.810.